The molecule has 1 aliphatic heterocycles. The molecule has 0 bridgehead atoms. The number of methoxy groups -OCH3 is 1. The fraction of sp³-hybridized carbons (Fsp3) is 0.391. The Morgan fingerprint density at radius 1 is 1.14 bits per heavy atom. The van der Waals surface area contributed by atoms with Gasteiger partial charge < -0.3 is 19.5 Å². The number of urea groups is 1. The molecule has 6 heteroatoms. The minimum Gasteiger partial charge on any atom is -0.497 e. The number of aromatic nitrogens is 2. The number of ether oxygens (including phenoxy) is 1. The molecule has 2 heterocycles. The van der Waals surface area contributed by atoms with Crippen LogP contribution in [0.5, 0.6) is 5.75 Å². The Hall–Kier alpha value is -3.02. The van der Waals surface area contributed by atoms with Crippen LogP contribution in [0.1, 0.15) is 24.0 Å². The molecule has 4 rings (SSSR count). The van der Waals surface area contributed by atoms with Gasteiger partial charge in [-0.15, -0.1) is 0 Å². The van der Waals surface area contributed by atoms with Gasteiger partial charge in [-0.3, -0.25) is 0 Å². The molecule has 3 aromatic rings. The lowest BCUT2D eigenvalue weighted by Crippen LogP contribution is -2.41. The van der Waals surface area contributed by atoms with Crippen molar-refractivity contribution in [2.75, 3.05) is 25.5 Å². The number of likely N-dealkylation sites (tertiary alicyclic amines) is 1. The Kier molecular flexibility index (Phi) is 5.43. The smallest absolute Gasteiger partial charge is 0.321 e. The summed E-state index contributed by atoms with van der Waals surface area (Å²) < 4.78 is 7.42. The second-order valence-electron chi connectivity index (χ2n) is 7.91. The van der Waals surface area contributed by atoms with E-state index in [2.05, 4.69) is 40.8 Å². The van der Waals surface area contributed by atoms with E-state index in [9.17, 15) is 4.79 Å². The summed E-state index contributed by atoms with van der Waals surface area (Å²) in [4.78, 5) is 19.0. The molecular weight excluding hydrogens is 364 g/mol. The fourth-order valence-corrected chi connectivity index (χ4v) is 3.93. The predicted octanol–water partition coefficient (Wildman–Crippen LogP) is 4.61. The summed E-state index contributed by atoms with van der Waals surface area (Å²) in [7, 11) is 1.63. The van der Waals surface area contributed by atoms with Crippen molar-refractivity contribution in [2.45, 2.75) is 33.2 Å². The molecule has 2 aromatic carbocycles. The zero-order chi connectivity index (χ0) is 20.4. The van der Waals surface area contributed by atoms with Gasteiger partial charge in [-0.2, -0.15) is 0 Å². The predicted molar refractivity (Wildman–Crippen MR) is 116 cm³/mol. The molecule has 1 fully saturated rings. The largest absolute Gasteiger partial charge is 0.497 e. The highest BCUT2D eigenvalue weighted by atomic mass is 16.5. The van der Waals surface area contributed by atoms with Crippen LogP contribution in [0, 0.1) is 19.8 Å². The van der Waals surface area contributed by atoms with Crippen molar-refractivity contribution >= 4 is 22.8 Å². The number of anilines is 1. The third-order valence-electron chi connectivity index (χ3n) is 5.93. The number of aryl methyl sites for hydroxylation is 2. The SMILES string of the molecule is COc1ccc(NC(=O)N2CCC(Cn3cnc4cc(C)c(C)cc43)CC2)cc1. The summed E-state index contributed by atoms with van der Waals surface area (Å²) >= 11 is 0. The van der Waals surface area contributed by atoms with Crippen molar-refractivity contribution in [3.05, 3.63) is 53.9 Å². The summed E-state index contributed by atoms with van der Waals surface area (Å²) in [6, 6.07) is 11.8. The lowest BCUT2D eigenvalue weighted by molar-refractivity contribution is 0.177. The van der Waals surface area contributed by atoms with Gasteiger partial charge in [0, 0.05) is 25.3 Å². The molecule has 0 atom stereocenters. The summed E-state index contributed by atoms with van der Waals surface area (Å²) in [6.07, 6.45) is 3.95. The first-order valence-electron chi connectivity index (χ1n) is 10.2. The number of carbonyl (C=O) groups excluding carboxylic acids is 1. The number of carbonyl (C=O) groups is 1. The Balaban J connectivity index is 1.33. The zero-order valence-corrected chi connectivity index (χ0v) is 17.3. The lowest BCUT2D eigenvalue weighted by atomic mass is 9.97. The average molecular weight is 393 g/mol. The van der Waals surface area contributed by atoms with Crippen molar-refractivity contribution in [1.82, 2.24) is 14.5 Å². The minimum absolute atomic E-state index is 0.0344. The first-order chi connectivity index (χ1) is 14.0. The molecule has 152 valence electrons. The maximum Gasteiger partial charge on any atom is 0.321 e. The topological polar surface area (TPSA) is 59.4 Å². The van der Waals surface area contributed by atoms with Gasteiger partial charge in [0.25, 0.3) is 0 Å². The van der Waals surface area contributed by atoms with Crippen molar-refractivity contribution in [2.24, 2.45) is 5.92 Å². The first kappa shape index (κ1) is 19.3. The van der Waals surface area contributed by atoms with Gasteiger partial charge >= 0.3 is 6.03 Å². The first-order valence-corrected chi connectivity index (χ1v) is 10.2. The van der Waals surface area contributed by atoms with Crippen LogP contribution in [0.3, 0.4) is 0 Å². The average Bonchev–Trinajstić information content (AvgIpc) is 3.11. The maximum absolute atomic E-state index is 12.6. The molecule has 0 unspecified atom stereocenters. The van der Waals surface area contributed by atoms with Gasteiger partial charge in [0.2, 0.25) is 0 Å². The van der Waals surface area contributed by atoms with E-state index in [0.717, 1.165) is 49.4 Å². The number of nitrogens with zero attached hydrogens (tertiary/aromatic N) is 3. The third kappa shape index (κ3) is 4.21. The minimum atomic E-state index is -0.0344. The van der Waals surface area contributed by atoms with Gasteiger partial charge in [-0.1, -0.05) is 0 Å². The second kappa shape index (κ2) is 8.15. The van der Waals surface area contributed by atoms with Gasteiger partial charge in [-0.25, -0.2) is 9.78 Å². The highest BCUT2D eigenvalue weighted by Gasteiger charge is 2.23. The summed E-state index contributed by atoms with van der Waals surface area (Å²) in [5, 5.41) is 2.98. The monoisotopic (exact) mass is 392 g/mol. The van der Waals surface area contributed by atoms with E-state index >= 15 is 0 Å². The molecule has 1 aliphatic rings. The van der Waals surface area contributed by atoms with E-state index in [1.54, 1.807) is 7.11 Å². The Morgan fingerprint density at radius 2 is 1.83 bits per heavy atom. The van der Waals surface area contributed by atoms with Crippen LogP contribution in [-0.2, 0) is 6.54 Å². The molecular formula is C23H28N4O2. The van der Waals surface area contributed by atoms with Gasteiger partial charge in [0.05, 0.1) is 24.5 Å². The van der Waals surface area contributed by atoms with E-state index < -0.39 is 0 Å². The molecule has 1 N–H and O–H groups in total. The molecule has 0 radical (unpaired) electrons. The quantitative estimate of drug-likeness (QED) is 0.706. The number of fused-ring (bicyclic) bond motifs is 1. The zero-order valence-electron chi connectivity index (χ0n) is 17.3. The number of hydrogen-bond donors (Lipinski definition) is 1. The fourth-order valence-electron chi connectivity index (χ4n) is 3.93. The second-order valence-corrected chi connectivity index (χ2v) is 7.91. The Bertz CT molecular complexity index is 1000. The van der Waals surface area contributed by atoms with Crippen LogP contribution in [0.25, 0.3) is 11.0 Å². The van der Waals surface area contributed by atoms with Crippen LogP contribution in [0.4, 0.5) is 10.5 Å². The number of rotatable bonds is 4. The van der Waals surface area contributed by atoms with E-state index in [0.29, 0.717) is 5.92 Å². The highest BCUT2D eigenvalue weighted by molar-refractivity contribution is 5.89. The van der Waals surface area contributed by atoms with Crippen LogP contribution < -0.4 is 10.1 Å². The number of benzene rings is 2. The molecule has 1 saturated heterocycles. The molecule has 29 heavy (non-hydrogen) atoms. The van der Waals surface area contributed by atoms with Crippen molar-refractivity contribution in [1.29, 1.82) is 0 Å². The van der Waals surface area contributed by atoms with Gasteiger partial charge in [0.15, 0.2) is 0 Å². The standard InChI is InChI=1S/C23H28N4O2/c1-16-12-21-22(13-17(16)2)27(15-24-21)14-18-8-10-26(11-9-18)23(28)25-19-4-6-20(29-3)7-5-19/h4-7,12-13,15,18H,8-11,14H2,1-3H3,(H,25,28). The van der Waals surface area contributed by atoms with E-state index in [-0.39, 0.29) is 6.03 Å². The van der Waals surface area contributed by atoms with Gasteiger partial charge in [-0.05, 0) is 80.1 Å². The van der Waals surface area contributed by atoms with Crippen LogP contribution in [0.2, 0.25) is 0 Å². The Labute approximate surface area is 171 Å². The summed E-state index contributed by atoms with van der Waals surface area (Å²) in [5.41, 5.74) is 5.62. The van der Waals surface area contributed by atoms with Crippen molar-refractivity contribution in [3.8, 4) is 5.75 Å². The molecule has 0 spiro atoms. The van der Waals surface area contributed by atoms with E-state index in [4.69, 9.17) is 4.74 Å². The highest BCUT2D eigenvalue weighted by Crippen LogP contribution is 2.24. The molecule has 6 nitrogen and oxygen atoms in total. The van der Waals surface area contributed by atoms with E-state index in [1.165, 1.54) is 16.6 Å². The molecule has 1 aromatic heterocycles. The number of amides is 2. The summed E-state index contributed by atoms with van der Waals surface area (Å²) in [6.45, 7) is 6.77. The van der Waals surface area contributed by atoms with Crippen LogP contribution in [0.15, 0.2) is 42.7 Å². The molecule has 2 amide bonds. The van der Waals surface area contributed by atoms with E-state index in [1.807, 2.05) is 35.5 Å². The maximum atomic E-state index is 12.6. The number of piperidine rings is 1. The number of hydrogen-bond acceptors (Lipinski definition) is 3. The third-order valence-corrected chi connectivity index (χ3v) is 5.93. The normalized spacial score (nSPS) is 14.9. The molecule has 0 aliphatic carbocycles. The Morgan fingerprint density at radius 3 is 2.52 bits per heavy atom. The number of imidazole rings is 1. The van der Waals surface area contributed by atoms with Crippen LogP contribution in [-0.4, -0.2) is 40.7 Å². The van der Waals surface area contributed by atoms with Crippen LogP contribution >= 0.6 is 0 Å². The van der Waals surface area contributed by atoms with Crippen molar-refractivity contribution < 1.29 is 9.53 Å². The summed E-state index contributed by atoms with van der Waals surface area (Å²) in [5.74, 6) is 1.33. The lowest BCUT2D eigenvalue weighted by Gasteiger charge is -2.32. The van der Waals surface area contributed by atoms with Gasteiger partial charge in [0.1, 0.15) is 5.75 Å². The molecule has 0 saturated carbocycles. The number of nitrogens with one attached hydrogen (secondary N) is 1. The van der Waals surface area contributed by atoms with Crippen molar-refractivity contribution in [3.63, 3.8) is 0 Å².